The summed E-state index contributed by atoms with van der Waals surface area (Å²) in [5.41, 5.74) is 6.46. The largest absolute Gasteiger partial charge is 0.320 e. The van der Waals surface area contributed by atoms with Crippen molar-refractivity contribution in [3.8, 4) is 0 Å². The molecule has 1 atom stereocenters. The smallest absolute Gasteiger partial charge is 0.164 e. The molecule has 0 spiro atoms. The van der Waals surface area contributed by atoms with Crippen LogP contribution in [-0.2, 0) is 0 Å². The number of halogens is 3. The molecule has 4 heteroatoms. The molecule has 18 heavy (non-hydrogen) atoms. The number of hydrogen-bond donors (Lipinski definition) is 1. The molecule has 0 amide bonds. The molecule has 0 saturated carbocycles. The van der Waals surface area contributed by atoms with Gasteiger partial charge in [0.15, 0.2) is 11.6 Å². The van der Waals surface area contributed by atoms with E-state index in [9.17, 15) is 13.2 Å². The maximum atomic E-state index is 13.8. The molecule has 2 aromatic carbocycles. The molecule has 2 rings (SSSR count). The van der Waals surface area contributed by atoms with Crippen LogP contribution >= 0.6 is 0 Å². The Morgan fingerprint density at radius 3 is 2.39 bits per heavy atom. The second-order valence-corrected chi connectivity index (χ2v) is 4.13. The molecule has 0 aliphatic carbocycles. The van der Waals surface area contributed by atoms with Crippen molar-refractivity contribution in [3.05, 3.63) is 70.5 Å². The molecule has 0 aliphatic heterocycles. The van der Waals surface area contributed by atoms with Crippen LogP contribution in [0.5, 0.6) is 0 Å². The van der Waals surface area contributed by atoms with Gasteiger partial charge >= 0.3 is 0 Å². The second kappa shape index (κ2) is 4.82. The summed E-state index contributed by atoms with van der Waals surface area (Å²) in [6, 6.07) is 7.51. The van der Waals surface area contributed by atoms with Crippen molar-refractivity contribution in [3.63, 3.8) is 0 Å². The van der Waals surface area contributed by atoms with Gasteiger partial charge < -0.3 is 5.73 Å². The highest BCUT2D eigenvalue weighted by Crippen LogP contribution is 2.25. The van der Waals surface area contributed by atoms with E-state index in [1.54, 1.807) is 6.07 Å². The quantitative estimate of drug-likeness (QED) is 0.869. The molecule has 1 unspecified atom stereocenters. The molecular weight excluding hydrogens is 239 g/mol. The molecule has 1 nitrogen and oxygen atoms in total. The van der Waals surface area contributed by atoms with Gasteiger partial charge in [-0.15, -0.1) is 0 Å². The van der Waals surface area contributed by atoms with E-state index in [0.717, 1.165) is 0 Å². The predicted molar refractivity (Wildman–Crippen MR) is 63.5 cm³/mol. The van der Waals surface area contributed by atoms with Crippen LogP contribution in [0.25, 0.3) is 0 Å². The summed E-state index contributed by atoms with van der Waals surface area (Å²) in [4.78, 5) is 0. The van der Waals surface area contributed by atoms with Gasteiger partial charge in [-0.25, -0.2) is 13.2 Å². The number of rotatable bonds is 2. The minimum Gasteiger partial charge on any atom is -0.320 e. The van der Waals surface area contributed by atoms with E-state index in [1.807, 2.05) is 0 Å². The first-order chi connectivity index (χ1) is 8.50. The van der Waals surface area contributed by atoms with Crippen molar-refractivity contribution in [1.82, 2.24) is 0 Å². The van der Waals surface area contributed by atoms with Crippen LogP contribution in [0, 0.1) is 24.4 Å². The number of nitrogens with two attached hydrogens (primary N) is 1. The predicted octanol–water partition coefficient (Wildman–Crippen LogP) is 3.46. The van der Waals surface area contributed by atoms with E-state index in [4.69, 9.17) is 5.73 Å². The lowest BCUT2D eigenvalue weighted by atomic mass is 9.98. The summed E-state index contributed by atoms with van der Waals surface area (Å²) < 4.78 is 40.3. The van der Waals surface area contributed by atoms with Gasteiger partial charge in [0.1, 0.15) is 5.82 Å². The lowest BCUT2D eigenvalue weighted by Gasteiger charge is -2.14. The van der Waals surface area contributed by atoms with E-state index in [-0.39, 0.29) is 11.1 Å². The molecule has 2 aromatic rings. The SMILES string of the molecule is Cc1ccc(C(N)c2cccc(F)c2)c(F)c1F. The first-order valence-corrected chi connectivity index (χ1v) is 5.46. The van der Waals surface area contributed by atoms with Gasteiger partial charge in [-0.3, -0.25) is 0 Å². The zero-order valence-corrected chi connectivity index (χ0v) is 9.75. The third kappa shape index (κ3) is 2.24. The molecule has 0 aromatic heterocycles. The molecule has 0 radical (unpaired) electrons. The maximum absolute atomic E-state index is 13.8. The fraction of sp³-hybridized carbons (Fsp3) is 0.143. The number of aryl methyl sites for hydroxylation is 1. The van der Waals surface area contributed by atoms with Crippen molar-refractivity contribution in [2.24, 2.45) is 5.73 Å². The normalized spacial score (nSPS) is 12.5. The highest BCUT2D eigenvalue weighted by Gasteiger charge is 2.18. The van der Waals surface area contributed by atoms with Crippen molar-refractivity contribution < 1.29 is 13.2 Å². The zero-order chi connectivity index (χ0) is 13.3. The standard InChI is InChI=1S/C14H12F3N/c1-8-5-6-11(13(17)12(8)16)14(18)9-3-2-4-10(15)7-9/h2-7,14H,18H2,1H3. The van der Waals surface area contributed by atoms with Crippen LogP contribution in [0.4, 0.5) is 13.2 Å². The van der Waals surface area contributed by atoms with Gasteiger partial charge in [0, 0.05) is 5.56 Å². The maximum Gasteiger partial charge on any atom is 0.164 e. The molecule has 0 aliphatic rings. The third-order valence-electron chi connectivity index (χ3n) is 2.85. The monoisotopic (exact) mass is 251 g/mol. The molecule has 0 bridgehead atoms. The average Bonchev–Trinajstić information content (AvgIpc) is 2.35. The van der Waals surface area contributed by atoms with Gasteiger partial charge in [0.05, 0.1) is 6.04 Å². The summed E-state index contributed by atoms with van der Waals surface area (Å²) in [6.07, 6.45) is 0. The minimum absolute atomic E-state index is 0.0173. The van der Waals surface area contributed by atoms with Crippen molar-refractivity contribution in [2.75, 3.05) is 0 Å². The first kappa shape index (κ1) is 12.6. The third-order valence-corrected chi connectivity index (χ3v) is 2.85. The van der Waals surface area contributed by atoms with Gasteiger partial charge in [-0.2, -0.15) is 0 Å². The van der Waals surface area contributed by atoms with E-state index in [0.29, 0.717) is 5.56 Å². The Balaban J connectivity index is 2.46. The first-order valence-electron chi connectivity index (χ1n) is 5.46. The average molecular weight is 251 g/mol. The molecule has 0 saturated heterocycles. The van der Waals surface area contributed by atoms with Crippen molar-refractivity contribution in [2.45, 2.75) is 13.0 Å². The van der Waals surface area contributed by atoms with Crippen LogP contribution in [0.15, 0.2) is 36.4 Å². The second-order valence-electron chi connectivity index (χ2n) is 4.13. The number of hydrogen-bond acceptors (Lipinski definition) is 1. The topological polar surface area (TPSA) is 26.0 Å². The van der Waals surface area contributed by atoms with E-state index >= 15 is 0 Å². The molecule has 0 heterocycles. The fourth-order valence-electron chi connectivity index (χ4n) is 1.78. The summed E-state index contributed by atoms with van der Waals surface area (Å²) in [5.74, 6) is -2.36. The molecular formula is C14H12F3N. The fourth-order valence-corrected chi connectivity index (χ4v) is 1.78. The Bertz CT molecular complexity index is 581. The number of benzene rings is 2. The highest BCUT2D eigenvalue weighted by atomic mass is 19.2. The summed E-state index contributed by atoms with van der Waals surface area (Å²) in [7, 11) is 0. The summed E-state index contributed by atoms with van der Waals surface area (Å²) in [5, 5.41) is 0. The summed E-state index contributed by atoms with van der Waals surface area (Å²) >= 11 is 0. The highest BCUT2D eigenvalue weighted by molar-refractivity contribution is 5.35. The van der Waals surface area contributed by atoms with Crippen LogP contribution in [-0.4, -0.2) is 0 Å². The van der Waals surface area contributed by atoms with Gasteiger partial charge in [0.2, 0.25) is 0 Å². The Morgan fingerprint density at radius 1 is 1.00 bits per heavy atom. The summed E-state index contributed by atoms with van der Waals surface area (Å²) in [6.45, 7) is 1.47. The van der Waals surface area contributed by atoms with Crippen LogP contribution in [0.2, 0.25) is 0 Å². The van der Waals surface area contributed by atoms with Gasteiger partial charge in [-0.1, -0.05) is 24.3 Å². The Hall–Kier alpha value is -1.81. The van der Waals surface area contributed by atoms with Gasteiger partial charge in [-0.05, 0) is 30.2 Å². The van der Waals surface area contributed by atoms with Crippen molar-refractivity contribution in [1.29, 1.82) is 0 Å². The van der Waals surface area contributed by atoms with Gasteiger partial charge in [0.25, 0.3) is 0 Å². The van der Waals surface area contributed by atoms with Crippen LogP contribution < -0.4 is 5.73 Å². The van der Waals surface area contributed by atoms with Crippen molar-refractivity contribution >= 4 is 0 Å². The zero-order valence-electron chi connectivity index (χ0n) is 9.75. The minimum atomic E-state index is -0.980. The lowest BCUT2D eigenvalue weighted by Crippen LogP contribution is -2.15. The van der Waals surface area contributed by atoms with E-state index in [2.05, 4.69) is 0 Å². The Morgan fingerprint density at radius 2 is 1.72 bits per heavy atom. The Kier molecular flexibility index (Phi) is 3.39. The molecule has 2 N–H and O–H groups in total. The van der Waals surface area contributed by atoms with Crippen LogP contribution in [0.1, 0.15) is 22.7 Å². The van der Waals surface area contributed by atoms with E-state index < -0.39 is 23.5 Å². The van der Waals surface area contributed by atoms with E-state index in [1.165, 1.54) is 37.3 Å². The van der Waals surface area contributed by atoms with Crippen LogP contribution in [0.3, 0.4) is 0 Å². The molecule has 94 valence electrons. The Labute approximate surface area is 103 Å². The lowest BCUT2D eigenvalue weighted by molar-refractivity contribution is 0.489. The molecule has 0 fully saturated rings.